The number of amides is 1. The minimum atomic E-state index is -0.0525. The number of benzene rings is 2. The van der Waals surface area contributed by atoms with Crippen LogP contribution in [0.15, 0.2) is 61.2 Å². The number of carbonyl (C=O) groups is 1. The highest BCUT2D eigenvalue weighted by Gasteiger charge is 2.15. The summed E-state index contributed by atoms with van der Waals surface area (Å²) < 4.78 is 0. The molecule has 1 N–H and O–H groups in total. The van der Waals surface area contributed by atoms with Crippen LogP contribution < -0.4 is 5.32 Å². The van der Waals surface area contributed by atoms with Crippen LogP contribution in [0.4, 0.5) is 0 Å². The predicted octanol–water partition coefficient (Wildman–Crippen LogP) is 3.16. The van der Waals surface area contributed by atoms with Gasteiger partial charge in [0.15, 0.2) is 0 Å². The molecule has 1 heterocycles. The highest BCUT2D eigenvalue weighted by molar-refractivity contribution is 5.94. The summed E-state index contributed by atoms with van der Waals surface area (Å²) in [5.41, 5.74) is 4.83. The molecular formula is C20H22N2O. The van der Waals surface area contributed by atoms with Crippen molar-refractivity contribution in [1.82, 2.24) is 10.2 Å². The van der Waals surface area contributed by atoms with Crippen molar-refractivity contribution < 1.29 is 4.79 Å². The van der Waals surface area contributed by atoms with Gasteiger partial charge in [-0.1, -0.05) is 42.5 Å². The zero-order valence-electron chi connectivity index (χ0n) is 13.3. The second-order valence-electron chi connectivity index (χ2n) is 5.92. The lowest BCUT2D eigenvalue weighted by atomic mass is 9.99. The molecule has 1 aliphatic rings. The summed E-state index contributed by atoms with van der Waals surface area (Å²) >= 11 is 0. The minimum absolute atomic E-state index is 0.0525. The van der Waals surface area contributed by atoms with E-state index < -0.39 is 0 Å². The van der Waals surface area contributed by atoms with Gasteiger partial charge in [-0.15, -0.1) is 6.58 Å². The average molecular weight is 306 g/mol. The first-order valence-electron chi connectivity index (χ1n) is 8.03. The summed E-state index contributed by atoms with van der Waals surface area (Å²) in [7, 11) is 0. The van der Waals surface area contributed by atoms with Crippen LogP contribution in [-0.4, -0.2) is 23.9 Å². The van der Waals surface area contributed by atoms with Crippen molar-refractivity contribution in [1.29, 1.82) is 0 Å². The molecule has 0 saturated heterocycles. The van der Waals surface area contributed by atoms with Crippen LogP contribution in [0, 0.1) is 0 Å². The number of carbonyl (C=O) groups excluding carboxylic acids is 1. The lowest BCUT2D eigenvalue weighted by molar-refractivity contribution is 0.0958. The van der Waals surface area contributed by atoms with Crippen molar-refractivity contribution >= 4 is 5.91 Å². The molecule has 0 fully saturated rings. The summed E-state index contributed by atoms with van der Waals surface area (Å²) in [6.45, 7) is 7.09. The number of nitrogens with zero attached hydrogens (tertiary/aromatic N) is 1. The summed E-state index contributed by atoms with van der Waals surface area (Å²) in [4.78, 5) is 14.3. The topological polar surface area (TPSA) is 32.3 Å². The van der Waals surface area contributed by atoms with Crippen molar-refractivity contribution in [3.05, 3.63) is 83.4 Å². The molecule has 3 nitrogen and oxygen atoms in total. The van der Waals surface area contributed by atoms with Crippen molar-refractivity contribution in [2.24, 2.45) is 0 Å². The molecule has 0 aromatic heterocycles. The van der Waals surface area contributed by atoms with Crippen LogP contribution in [0.3, 0.4) is 0 Å². The largest absolute Gasteiger partial charge is 0.349 e. The standard InChI is InChI=1S/C20H22N2O/c1-2-12-21-20(23)18-9-7-16(8-10-18)14-22-13-11-17-5-3-4-6-19(17)15-22/h2-10H,1,11-15H2,(H,21,23). The molecule has 3 rings (SSSR count). The number of hydrogen-bond donors (Lipinski definition) is 1. The summed E-state index contributed by atoms with van der Waals surface area (Å²) in [5.74, 6) is -0.0525. The first-order valence-corrected chi connectivity index (χ1v) is 8.03. The number of rotatable bonds is 5. The van der Waals surface area contributed by atoms with E-state index in [-0.39, 0.29) is 5.91 Å². The molecule has 0 unspecified atom stereocenters. The maximum Gasteiger partial charge on any atom is 0.251 e. The van der Waals surface area contributed by atoms with Gasteiger partial charge in [-0.05, 0) is 35.2 Å². The Morgan fingerprint density at radius 3 is 2.61 bits per heavy atom. The third-order valence-electron chi connectivity index (χ3n) is 4.24. The number of fused-ring (bicyclic) bond motifs is 1. The first-order chi connectivity index (χ1) is 11.3. The Balaban J connectivity index is 1.61. The maximum atomic E-state index is 11.9. The van der Waals surface area contributed by atoms with Crippen LogP contribution >= 0.6 is 0 Å². The van der Waals surface area contributed by atoms with Crippen LogP contribution in [0.1, 0.15) is 27.0 Å². The highest BCUT2D eigenvalue weighted by atomic mass is 16.1. The zero-order chi connectivity index (χ0) is 16.1. The monoisotopic (exact) mass is 306 g/mol. The molecule has 1 aliphatic heterocycles. The minimum Gasteiger partial charge on any atom is -0.349 e. The predicted molar refractivity (Wildman–Crippen MR) is 93.2 cm³/mol. The Kier molecular flexibility index (Phi) is 4.89. The van der Waals surface area contributed by atoms with E-state index in [0.29, 0.717) is 12.1 Å². The molecule has 0 aliphatic carbocycles. The fourth-order valence-electron chi connectivity index (χ4n) is 2.98. The Bertz CT molecular complexity index is 691. The molecular weight excluding hydrogens is 284 g/mol. The molecule has 2 aromatic carbocycles. The zero-order valence-corrected chi connectivity index (χ0v) is 13.3. The molecule has 1 amide bonds. The lowest BCUT2D eigenvalue weighted by Crippen LogP contribution is -2.30. The van der Waals surface area contributed by atoms with Gasteiger partial charge in [0.2, 0.25) is 0 Å². The quantitative estimate of drug-likeness (QED) is 0.861. The highest BCUT2D eigenvalue weighted by Crippen LogP contribution is 2.20. The van der Waals surface area contributed by atoms with Gasteiger partial charge in [-0.25, -0.2) is 0 Å². The van der Waals surface area contributed by atoms with Gasteiger partial charge in [0.25, 0.3) is 5.91 Å². The smallest absolute Gasteiger partial charge is 0.251 e. The van der Waals surface area contributed by atoms with Gasteiger partial charge in [0, 0.05) is 31.7 Å². The third-order valence-corrected chi connectivity index (χ3v) is 4.24. The number of nitrogens with one attached hydrogen (secondary N) is 1. The molecule has 0 spiro atoms. The van der Waals surface area contributed by atoms with Gasteiger partial charge >= 0.3 is 0 Å². The van der Waals surface area contributed by atoms with Crippen LogP contribution in [-0.2, 0) is 19.5 Å². The van der Waals surface area contributed by atoms with E-state index in [4.69, 9.17) is 0 Å². The SMILES string of the molecule is C=CCNC(=O)c1ccc(CN2CCc3ccccc3C2)cc1. The Hall–Kier alpha value is -2.39. The molecule has 0 bridgehead atoms. The summed E-state index contributed by atoms with van der Waals surface area (Å²) in [5, 5.41) is 2.79. The van der Waals surface area contributed by atoms with Crippen LogP contribution in [0.5, 0.6) is 0 Å². The molecule has 2 aromatic rings. The van der Waals surface area contributed by atoms with Crippen molar-refractivity contribution in [3.63, 3.8) is 0 Å². The summed E-state index contributed by atoms with van der Waals surface area (Å²) in [6.07, 6.45) is 2.79. The van der Waals surface area contributed by atoms with E-state index in [1.54, 1.807) is 6.08 Å². The average Bonchev–Trinajstić information content (AvgIpc) is 2.60. The van der Waals surface area contributed by atoms with Crippen LogP contribution in [0.2, 0.25) is 0 Å². The van der Waals surface area contributed by atoms with Crippen molar-refractivity contribution in [2.45, 2.75) is 19.5 Å². The van der Waals surface area contributed by atoms with Gasteiger partial charge in [0.05, 0.1) is 0 Å². The van der Waals surface area contributed by atoms with Crippen molar-refractivity contribution in [2.75, 3.05) is 13.1 Å². The Morgan fingerprint density at radius 2 is 1.87 bits per heavy atom. The van der Waals surface area contributed by atoms with Crippen molar-refractivity contribution in [3.8, 4) is 0 Å². The van der Waals surface area contributed by atoms with Gasteiger partial charge in [-0.3, -0.25) is 9.69 Å². The molecule has 0 atom stereocenters. The van der Waals surface area contributed by atoms with Gasteiger partial charge in [-0.2, -0.15) is 0 Å². The fourth-order valence-corrected chi connectivity index (χ4v) is 2.98. The van der Waals surface area contributed by atoms with E-state index in [9.17, 15) is 4.79 Å². The Morgan fingerprint density at radius 1 is 1.13 bits per heavy atom. The van der Waals surface area contributed by atoms with E-state index in [1.807, 2.05) is 24.3 Å². The van der Waals surface area contributed by atoms with E-state index in [0.717, 1.165) is 26.1 Å². The molecule has 3 heteroatoms. The molecule has 118 valence electrons. The second kappa shape index (κ2) is 7.25. The normalized spacial score (nSPS) is 14.1. The third kappa shape index (κ3) is 3.88. The van der Waals surface area contributed by atoms with E-state index >= 15 is 0 Å². The number of hydrogen-bond acceptors (Lipinski definition) is 2. The van der Waals surface area contributed by atoms with Crippen LogP contribution in [0.25, 0.3) is 0 Å². The second-order valence-corrected chi connectivity index (χ2v) is 5.92. The van der Waals surface area contributed by atoms with Gasteiger partial charge in [0.1, 0.15) is 0 Å². The fraction of sp³-hybridized carbons (Fsp3) is 0.250. The lowest BCUT2D eigenvalue weighted by Gasteiger charge is -2.28. The molecule has 23 heavy (non-hydrogen) atoms. The molecule has 0 saturated carbocycles. The Labute approximate surface area is 137 Å². The molecule has 0 radical (unpaired) electrons. The maximum absolute atomic E-state index is 11.9. The first kappa shape index (κ1) is 15.5. The van der Waals surface area contributed by atoms with E-state index in [2.05, 4.69) is 41.1 Å². The van der Waals surface area contributed by atoms with E-state index in [1.165, 1.54) is 16.7 Å². The van der Waals surface area contributed by atoms with Gasteiger partial charge < -0.3 is 5.32 Å². The summed E-state index contributed by atoms with van der Waals surface area (Å²) in [6, 6.07) is 16.5.